The van der Waals surface area contributed by atoms with Crippen molar-refractivity contribution in [3.8, 4) is 0 Å². The quantitative estimate of drug-likeness (QED) is 0.787. The van der Waals surface area contributed by atoms with Gasteiger partial charge in [-0.15, -0.1) is 0 Å². The van der Waals surface area contributed by atoms with E-state index in [1.165, 1.54) is 11.1 Å². The van der Waals surface area contributed by atoms with Gasteiger partial charge < -0.3 is 10.2 Å². The summed E-state index contributed by atoms with van der Waals surface area (Å²) in [5.41, 5.74) is 3.62. The van der Waals surface area contributed by atoms with Crippen LogP contribution >= 0.6 is 0 Å². The maximum atomic E-state index is 12.4. The van der Waals surface area contributed by atoms with E-state index in [0.29, 0.717) is 25.4 Å². The zero-order valence-corrected chi connectivity index (χ0v) is 17.4. The molecule has 2 amide bonds. The zero-order chi connectivity index (χ0) is 20.6. The predicted octanol–water partition coefficient (Wildman–Crippen LogP) is 2.81. The first-order chi connectivity index (χ1) is 14.0. The van der Waals surface area contributed by atoms with Crippen molar-refractivity contribution in [3.63, 3.8) is 0 Å². The molecule has 154 valence electrons. The molecule has 2 aromatic rings. The van der Waals surface area contributed by atoms with Crippen LogP contribution in [-0.4, -0.2) is 54.3 Å². The van der Waals surface area contributed by atoms with Crippen LogP contribution in [0, 0.1) is 0 Å². The summed E-state index contributed by atoms with van der Waals surface area (Å²) in [6.45, 7) is 8.52. The molecule has 1 saturated heterocycles. The van der Waals surface area contributed by atoms with Crippen LogP contribution in [0.15, 0.2) is 54.6 Å². The van der Waals surface area contributed by atoms with Crippen molar-refractivity contribution >= 4 is 11.8 Å². The first-order valence-electron chi connectivity index (χ1n) is 10.4. The van der Waals surface area contributed by atoms with E-state index in [2.05, 4.69) is 48.3 Å². The van der Waals surface area contributed by atoms with Gasteiger partial charge in [0, 0.05) is 32.7 Å². The normalized spacial score (nSPS) is 14.8. The van der Waals surface area contributed by atoms with Gasteiger partial charge in [-0.25, -0.2) is 0 Å². The van der Waals surface area contributed by atoms with Crippen molar-refractivity contribution in [2.75, 3.05) is 32.7 Å². The number of hydrogen-bond donors (Lipinski definition) is 1. The minimum atomic E-state index is -0.118. The van der Waals surface area contributed by atoms with Crippen molar-refractivity contribution in [2.45, 2.75) is 32.7 Å². The number of nitrogens with zero attached hydrogens (tertiary/aromatic N) is 2. The molecule has 5 heteroatoms. The Bertz CT molecular complexity index is 795. The number of piperazine rings is 1. The molecule has 0 spiro atoms. The monoisotopic (exact) mass is 393 g/mol. The van der Waals surface area contributed by atoms with E-state index in [-0.39, 0.29) is 18.4 Å². The lowest BCUT2D eigenvalue weighted by atomic mass is 10.0. The van der Waals surface area contributed by atoms with Gasteiger partial charge in [0.25, 0.3) is 0 Å². The van der Waals surface area contributed by atoms with Crippen LogP contribution in [0.1, 0.15) is 36.5 Å². The molecule has 1 aliphatic rings. The van der Waals surface area contributed by atoms with Crippen molar-refractivity contribution in [1.29, 1.82) is 0 Å². The Morgan fingerprint density at radius 2 is 1.55 bits per heavy atom. The van der Waals surface area contributed by atoms with E-state index in [0.717, 1.165) is 25.2 Å². The second-order valence-corrected chi connectivity index (χ2v) is 7.99. The smallest absolute Gasteiger partial charge is 0.242 e. The van der Waals surface area contributed by atoms with Gasteiger partial charge in [-0.2, -0.15) is 0 Å². The first-order valence-corrected chi connectivity index (χ1v) is 10.4. The van der Waals surface area contributed by atoms with Gasteiger partial charge in [-0.05, 0) is 22.6 Å². The molecule has 0 atom stereocenters. The topological polar surface area (TPSA) is 52.6 Å². The molecule has 0 aliphatic carbocycles. The maximum absolute atomic E-state index is 12.4. The summed E-state index contributed by atoms with van der Waals surface area (Å²) in [5.74, 6) is 0.423. The molecular formula is C24H31N3O2. The summed E-state index contributed by atoms with van der Waals surface area (Å²) < 4.78 is 0. The number of hydrogen-bond acceptors (Lipinski definition) is 3. The van der Waals surface area contributed by atoms with E-state index in [1.54, 1.807) is 0 Å². The second-order valence-electron chi connectivity index (χ2n) is 7.99. The lowest BCUT2D eigenvalue weighted by Gasteiger charge is -2.34. The average Bonchev–Trinajstić information content (AvgIpc) is 2.74. The van der Waals surface area contributed by atoms with Crippen LogP contribution in [0.3, 0.4) is 0 Å². The van der Waals surface area contributed by atoms with E-state index in [1.807, 2.05) is 35.2 Å². The van der Waals surface area contributed by atoms with Crippen molar-refractivity contribution in [1.82, 2.24) is 15.1 Å². The summed E-state index contributed by atoms with van der Waals surface area (Å²) >= 11 is 0. The van der Waals surface area contributed by atoms with Gasteiger partial charge >= 0.3 is 0 Å². The highest BCUT2D eigenvalue weighted by Crippen LogP contribution is 2.16. The van der Waals surface area contributed by atoms with Gasteiger partial charge in [0.15, 0.2) is 0 Å². The Hall–Kier alpha value is -2.66. The van der Waals surface area contributed by atoms with E-state index in [4.69, 9.17) is 0 Å². The Morgan fingerprint density at radius 1 is 0.897 bits per heavy atom. The molecule has 0 bridgehead atoms. The molecule has 3 rings (SSSR count). The van der Waals surface area contributed by atoms with Gasteiger partial charge in [0.1, 0.15) is 0 Å². The molecule has 2 aromatic carbocycles. The highest BCUT2D eigenvalue weighted by Gasteiger charge is 2.21. The minimum absolute atomic E-state index is 0.00709. The molecule has 0 aromatic heterocycles. The predicted molar refractivity (Wildman–Crippen MR) is 116 cm³/mol. The van der Waals surface area contributed by atoms with Gasteiger partial charge in [-0.3, -0.25) is 14.5 Å². The standard InChI is InChI=1S/C24H31N3O2/c1-19(2)22-10-8-21(9-11-22)18-26-12-14-27(15-13-26)24(29)17-25-23(28)16-20-6-4-3-5-7-20/h3-11,19H,12-18H2,1-2H3,(H,25,28). The third-order valence-corrected chi connectivity index (χ3v) is 5.42. The second kappa shape index (κ2) is 10.2. The summed E-state index contributed by atoms with van der Waals surface area (Å²) in [7, 11) is 0. The van der Waals surface area contributed by atoms with E-state index < -0.39 is 0 Å². The fraction of sp³-hybridized carbons (Fsp3) is 0.417. The summed E-state index contributed by atoms with van der Waals surface area (Å²) in [5, 5.41) is 2.75. The van der Waals surface area contributed by atoms with Crippen LogP contribution in [0.2, 0.25) is 0 Å². The van der Waals surface area contributed by atoms with Crippen LogP contribution in [0.5, 0.6) is 0 Å². The largest absolute Gasteiger partial charge is 0.347 e. The molecule has 29 heavy (non-hydrogen) atoms. The zero-order valence-electron chi connectivity index (χ0n) is 17.4. The first kappa shape index (κ1) is 21.1. The van der Waals surface area contributed by atoms with Gasteiger partial charge in [0.2, 0.25) is 11.8 Å². The van der Waals surface area contributed by atoms with Crippen LogP contribution in [-0.2, 0) is 22.6 Å². The summed E-state index contributed by atoms with van der Waals surface area (Å²) in [4.78, 5) is 28.7. The Kier molecular flexibility index (Phi) is 7.42. The third kappa shape index (κ3) is 6.43. The lowest BCUT2D eigenvalue weighted by Crippen LogP contribution is -2.50. The number of carbonyl (C=O) groups excluding carboxylic acids is 2. The van der Waals surface area contributed by atoms with E-state index in [9.17, 15) is 9.59 Å². The Balaban J connectivity index is 1.38. The van der Waals surface area contributed by atoms with Crippen molar-refractivity contribution in [2.24, 2.45) is 0 Å². The van der Waals surface area contributed by atoms with E-state index >= 15 is 0 Å². The average molecular weight is 394 g/mol. The molecule has 5 nitrogen and oxygen atoms in total. The summed E-state index contributed by atoms with van der Waals surface area (Å²) in [6, 6.07) is 18.4. The van der Waals surface area contributed by atoms with Crippen LogP contribution in [0.4, 0.5) is 0 Å². The molecule has 1 fully saturated rings. The fourth-order valence-corrected chi connectivity index (χ4v) is 3.55. The number of carbonyl (C=O) groups is 2. The fourth-order valence-electron chi connectivity index (χ4n) is 3.55. The maximum Gasteiger partial charge on any atom is 0.242 e. The molecule has 0 saturated carbocycles. The van der Waals surface area contributed by atoms with Crippen LogP contribution < -0.4 is 5.32 Å². The highest BCUT2D eigenvalue weighted by atomic mass is 16.2. The highest BCUT2D eigenvalue weighted by molar-refractivity contribution is 5.85. The number of benzene rings is 2. The summed E-state index contributed by atoms with van der Waals surface area (Å²) in [6.07, 6.45) is 0.303. The molecule has 0 radical (unpaired) electrons. The molecular weight excluding hydrogens is 362 g/mol. The third-order valence-electron chi connectivity index (χ3n) is 5.42. The number of rotatable bonds is 7. The van der Waals surface area contributed by atoms with Crippen LogP contribution in [0.25, 0.3) is 0 Å². The van der Waals surface area contributed by atoms with Crippen molar-refractivity contribution < 1.29 is 9.59 Å². The molecule has 1 aliphatic heterocycles. The van der Waals surface area contributed by atoms with Crippen molar-refractivity contribution in [3.05, 3.63) is 71.3 Å². The number of amides is 2. The lowest BCUT2D eigenvalue weighted by molar-refractivity contribution is -0.134. The molecule has 1 N–H and O–H groups in total. The minimum Gasteiger partial charge on any atom is -0.347 e. The molecule has 0 unspecified atom stereocenters. The number of nitrogens with one attached hydrogen (secondary N) is 1. The van der Waals surface area contributed by atoms with Gasteiger partial charge in [-0.1, -0.05) is 68.4 Å². The Labute approximate surface area is 173 Å². The van der Waals surface area contributed by atoms with Gasteiger partial charge in [0.05, 0.1) is 13.0 Å². The SMILES string of the molecule is CC(C)c1ccc(CN2CCN(C(=O)CNC(=O)Cc3ccccc3)CC2)cc1. The molecule has 1 heterocycles. The Morgan fingerprint density at radius 3 is 2.17 bits per heavy atom.